The molecule has 3 atom stereocenters. The highest BCUT2D eigenvalue weighted by molar-refractivity contribution is 4.84. The number of aliphatic hydroxyl groups is 1. The van der Waals surface area contributed by atoms with Gasteiger partial charge in [-0.05, 0) is 13.5 Å². The van der Waals surface area contributed by atoms with Crippen LogP contribution in [0.5, 0.6) is 0 Å². The fourth-order valence-corrected chi connectivity index (χ4v) is 2.76. The lowest BCUT2D eigenvalue weighted by molar-refractivity contribution is -0.0514. The first-order valence-corrected chi connectivity index (χ1v) is 6.52. The first-order chi connectivity index (χ1) is 8.35. The second kappa shape index (κ2) is 6.66. The number of nitrogens with zero attached hydrogens (tertiary/aromatic N) is 1. The van der Waals surface area contributed by atoms with Crippen LogP contribution >= 0.6 is 0 Å². The molecule has 2 N–H and O–H groups in total. The fourth-order valence-electron chi connectivity index (χ4n) is 2.76. The molecule has 0 aromatic heterocycles. The van der Waals surface area contributed by atoms with E-state index in [1.54, 1.807) is 0 Å². The molecule has 3 unspecified atom stereocenters. The van der Waals surface area contributed by atoms with Crippen LogP contribution in [0.15, 0.2) is 0 Å². The van der Waals surface area contributed by atoms with E-state index in [-0.39, 0.29) is 12.6 Å². The van der Waals surface area contributed by atoms with Gasteiger partial charge in [-0.25, -0.2) is 0 Å². The zero-order valence-electron chi connectivity index (χ0n) is 10.6. The minimum atomic E-state index is 0.156. The number of hydrogen-bond acceptors (Lipinski definition) is 5. The maximum Gasteiger partial charge on any atom is 0.0644 e. The lowest BCUT2D eigenvalue weighted by Crippen LogP contribution is -2.53. The van der Waals surface area contributed by atoms with Crippen molar-refractivity contribution in [1.29, 1.82) is 0 Å². The molecule has 17 heavy (non-hydrogen) atoms. The maximum absolute atomic E-state index is 9.35. The summed E-state index contributed by atoms with van der Waals surface area (Å²) >= 11 is 0. The molecule has 5 heteroatoms. The predicted molar refractivity (Wildman–Crippen MR) is 65.0 cm³/mol. The Kier molecular flexibility index (Phi) is 5.18. The van der Waals surface area contributed by atoms with Crippen LogP contribution in [-0.4, -0.2) is 75.3 Å². The number of rotatable bonds is 4. The molecule has 5 nitrogen and oxygen atoms in total. The van der Waals surface area contributed by atoms with E-state index in [0.717, 1.165) is 39.3 Å². The summed E-state index contributed by atoms with van der Waals surface area (Å²) in [5.41, 5.74) is 0. The molecule has 0 spiro atoms. The van der Waals surface area contributed by atoms with Crippen molar-refractivity contribution in [3.05, 3.63) is 0 Å². The average molecular weight is 244 g/mol. The number of ether oxygens (including phenoxy) is 2. The van der Waals surface area contributed by atoms with Gasteiger partial charge in [-0.1, -0.05) is 0 Å². The van der Waals surface area contributed by atoms with Crippen molar-refractivity contribution in [2.24, 2.45) is 5.92 Å². The molecule has 0 aromatic rings. The largest absolute Gasteiger partial charge is 0.395 e. The Bertz CT molecular complexity index is 206. The van der Waals surface area contributed by atoms with Gasteiger partial charge in [0.1, 0.15) is 0 Å². The molecule has 0 bridgehead atoms. The third-order valence-electron chi connectivity index (χ3n) is 3.87. The molecule has 0 amide bonds. The molecule has 0 aliphatic carbocycles. The second-order valence-electron chi connectivity index (χ2n) is 4.93. The molecule has 2 aliphatic rings. The van der Waals surface area contributed by atoms with Gasteiger partial charge in [0.2, 0.25) is 0 Å². The molecular formula is C12H24N2O3. The van der Waals surface area contributed by atoms with Crippen LogP contribution < -0.4 is 5.32 Å². The molecule has 0 aromatic carbocycles. The Morgan fingerprint density at radius 2 is 2.12 bits per heavy atom. The molecule has 0 radical (unpaired) electrons. The van der Waals surface area contributed by atoms with Gasteiger partial charge in [0.15, 0.2) is 0 Å². The summed E-state index contributed by atoms with van der Waals surface area (Å²) in [6.07, 6.45) is 1.08. The summed E-state index contributed by atoms with van der Waals surface area (Å²) < 4.78 is 11.0. The Morgan fingerprint density at radius 1 is 1.29 bits per heavy atom. The van der Waals surface area contributed by atoms with Crippen LogP contribution in [-0.2, 0) is 9.47 Å². The fraction of sp³-hybridized carbons (Fsp3) is 1.00. The van der Waals surface area contributed by atoms with Gasteiger partial charge in [-0.15, -0.1) is 0 Å². The minimum absolute atomic E-state index is 0.156. The Morgan fingerprint density at radius 3 is 2.88 bits per heavy atom. The third-order valence-corrected chi connectivity index (χ3v) is 3.87. The Labute approximate surface area is 103 Å². The summed E-state index contributed by atoms with van der Waals surface area (Å²) in [4.78, 5) is 2.34. The molecular weight excluding hydrogens is 220 g/mol. The number of nitrogens with one attached hydrogen (secondary N) is 1. The van der Waals surface area contributed by atoms with Crippen molar-refractivity contribution in [2.75, 3.05) is 53.2 Å². The summed E-state index contributed by atoms with van der Waals surface area (Å²) in [6.45, 7) is 5.17. The SMILES string of the molecule is CNC1CCOCC1CN1CCOCC1CO. The van der Waals surface area contributed by atoms with E-state index < -0.39 is 0 Å². The molecule has 2 saturated heterocycles. The van der Waals surface area contributed by atoms with Gasteiger partial charge in [0.25, 0.3) is 0 Å². The summed E-state index contributed by atoms with van der Waals surface area (Å²) in [5, 5.41) is 12.7. The van der Waals surface area contributed by atoms with Crippen molar-refractivity contribution >= 4 is 0 Å². The molecule has 2 rings (SSSR count). The van der Waals surface area contributed by atoms with Crippen LogP contribution in [0.1, 0.15) is 6.42 Å². The quantitative estimate of drug-likeness (QED) is 0.685. The van der Waals surface area contributed by atoms with Crippen LogP contribution in [0, 0.1) is 5.92 Å². The minimum Gasteiger partial charge on any atom is -0.395 e. The van der Waals surface area contributed by atoms with Crippen LogP contribution in [0.3, 0.4) is 0 Å². The standard InChI is InChI=1S/C12H24N2O3/c1-13-12-2-4-16-8-10(12)6-14-3-5-17-9-11(14)7-15/h10-13,15H,2-9H2,1H3. The van der Waals surface area contributed by atoms with Crippen molar-refractivity contribution in [1.82, 2.24) is 10.2 Å². The van der Waals surface area contributed by atoms with E-state index in [9.17, 15) is 5.11 Å². The first-order valence-electron chi connectivity index (χ1n) is 6.52. The van der Waals surface area contributed by atoms with Crippen LogP contribution in [0.25, 0.3) is 0 Å². The van der Waals surface area contributed by atoms with E-state index in [2.05, 4.69) is 10.2 Å². The summed E-state index contributed by atoms with van der Waals surface area (Å²) in [6, 6.07) is 0.689. The topological polar surface area (TPSA) is 54.0 Å². The van der Waals surface area contributed by atoms with Gasteiger partial charge >= 0.3 is 0 Å². The second-order valence-corrected chi connectivity index (χ2v) is 4.93. The van der Waals surface area contributed by atoms with Gasteiger partial charge in [0.05, 0.1) is 32.5 Å². The van der Waals surface area contributed by atoms with Crippen LogP contribution in [0.4, 0.5) is 0 Å². The van der Waals surface area contributed by atoms with E-state index in [1.165, 1.54) is 0 Å². The lowest BCUT2D eigenvalue weighted by atomic mass is 9.94. The van der Waals surface area contributed by atoms with Crippen LogP contribution in [0.2, 0.25) is 0 Å². The van der Waals surface area contributed by atoms with Crippen molar-refractivity contribution in [3.63, 3.8) is 0 Å². The summed E-state index contributed by atoms with van der Waals surface area (Å²) in [7, 11) is 2.02. The van der Waals surface area contributed by atoms with E-state index >= 15 is 0 Å². The monoisotopic (exact) mass is 244 g/mol. The average Bonchev–Trinajstić information content (AvgIpc) is 2.40. The highest BCUT2D eigenvalue weighted by Crippen LogP contribution is 2.18. The van der Waals surface area contributed by atoms with Gasteiger partial charge in [-0.3, -0.25) is 4.90 Å². The smallest absolute Gasteiger partial charge is 0.0644 e. The number of hydrogen-bond donors (Lipinski definition) is 2. The molecule has 100 valence electrons. The summed E-state index contributed by atoms with van der Waals surface area (Å²) in [5.74, 6) is 0.515. The van der Waals surface area contributed by atoms with E-state index in [1.807, 2.05) is 7.05 Å². The highest BCUT2D eigenvalue weighted by Gasteiger charge is 2.30. The Hall–Kier alpha value is -0.200. The first kappa shape index (κ1) is 13.2. The predicted octanol–water partition coefficient (Wildman–Crippen LogP) is -0.696. The van der Waals surface area contributed by atoms with Crippen molar-refractivity contribution in [2.45, 2.75) is 18.5 Å². The molecule has 2 heterocycles. The molecule has 0 saturated carbocycles. The normalized spacial score (nSPS) is 36.0. The van der Waals surface area contributed by atoms with Gasteiger partial charge in [0, 0.05) is 31.7 Å². The Balaban J connectivity index is 1.88. The highest BCUT2D eigenvalue weighted by atomic mass is 16.5. The van der Waals surface area contributed by atoms with Crippen molar-refractivity contribution in [3.8, 4) is 0 Å². The zero-order valence-corrected chi connectivity index (χ0v) is 10.6. The molecule has 2 aliphatic heterocycles. The molecule has 2 fully saturated rings. The zero-order chi connectivity index (χ0) is 12.1. The number of aliphatic hydroxyl groups excluding tert-OH is 1. The van der Waals surface area contributed by atoms with Gasteiger partial charge < -0.3 is 19.9 Å². The number of morpholine rings is 1. The lowest BCUT2D eigenvalue weighted by Gasteiger charge is -2.40. The van der Waals surface area contributed by atoms with E-state index in [0.29, 0.717) is 18.6 Å². The third kappa shape index (κ3) is 3.39. The van der Waals surface area contributed by atoms with Gasteiger partial charge in [-0.2, -0.15) is 0 Å². The van der Waals surface area contributed by atoms with Crippen molar-refractivity contribution < 1.29 is 14.6 Å². The maximum atomic E-state index is 9.35. The van der Waals surface area contributed by atoms with E-state index in [4.69, 9.17) is 9.47 Å².